The summed E-state index contributed by atoms with van der Waals surface area (Å²) in [6, 6.07) is 0.538. The fourth-order valence-corrected chi connectivity index (χ4v) is 2.79. The molecule has 1 aliphatic rings. The number of carboxylic acid groups (broad SMARTS) is 1. The molecule has 1 fully saturated rings. The van der Waals surface area contributed by atoms with Crippen LogP contribution in [0.5, 0.6) is 0 Å². The lowest BCUT2D eigenvalue weighted by molar-refractivity contribution is -0.148. The Morgan fingerprint density at radius 1 is 1.23 bits per heavy atom. The Labute approximate surface area is 125 Å². The number of benzene rings is 1. The van der Waals surface area contributed by atoms with Crippen LogP contribution in [-0.4, -0.2) is 34.5 Å². The van der Waals surface area contributed by atoms with Crippen molar-refractivity contribution in [3.63, 3.8) is 0 Å². The zero-order chi connectivity index (χ0) is 16.4. The SMILES string of the molecule is C[C@@H]1[C@H](C(=O)O)CCCN1C(=O)Cc1cc(F)c(F)cc1F. The maximum atomic E-state index is 13.6. The highest BCUT2D eigenvalue weighted by Crippen LogP contribution is 2.25. The first-order chi connectivity index (χ1) is 10.3. The average molecular weight is 315 g/mol. The van der Waals surface area contributed by atoms with Gasteiger partial charge < -0.3 is 10.0 Å². The van der Waals surface area contributed by atoms with Gasteiger partial charge in [-0.05, 0) is 25.8 Å². The van der Waals surface area contributed by atoms with Crippen LogP contribution in [0.15, 0.2) is 12.1 Å². The number of likely N-dealkylation sites (tertiary alicyclic amines) is 1. The van der Waals surface area contributed by atoms with E-state index in [0.29, 0.717) is 31.5 Å². The maximum absolute atomic E-state index is 13.6. The van der Waals surface area contributed by atoms with E-state index in [2.05, 4.69) is 0 Å². The number of rotatable bonds is 3. The van der Waals surface area contributed by atoms with E-state index in [9.17, 15) is 22.8 Å². The summed E-state index contributed by atoms with van der Waals surface area (Å²) in [5.41, 5.74) is -0.242. The second kappa shape index (κ2) is 6.37. The monoisotopic (exact) mass is 315 g/mol. The number of carboxylic acids is 1. The first-order valence-corrected chi connectivity index (χ1v) is 6.97. The molecule has 0 aromatic heterocycles. The number of hydrogen-bond acceptors (Lipinski definition) is 2. The minimum atomic E-state index is -1.31. The van der Waals surface area contributed by atoms with Crippen LogP contribution in [0, 0.1) is 23.4 Å². The third-order valence-corrected chi connectivity index (χ3v) is 4.06. The fraction of sp³-hybridized carbons (Fsp3) is 0.467. The highest BCUT2D eigenvalue weighted by molar-refractivity contribution is 5.80. The molecule has 0 saturated carbocycles. The molecule has 4 nitrogen and oxygen atoms in total. The Kier molecular flexibility index (Phi) is 4.73. The first kappa shape index (κ1) is 16.3. The molecule has 1 heterocycles. The summed E-state index contributed by atoms with van der Waals surface area (Å²) in [5, 5.41) is 9.12. The zero-order valence-electron chi connectivity index (χ0n) is 12.0. The Bertz CT molecular complexity index is 606. The van der Waals surface area contributed by atoms with Crippen molar-refractivity contribution in [3.8, 4) is 0 Å². The van der Waals surface area contributed by atoms with Gasteiger partial charge in [0.15, 0.2) is 11.6 Å². The predicted molar refractivity (Wildman–Crippen MR) is 71.6 cm³/mol. The molecule has 2 atom stereocenters. The van der Waals surface area contributed by atoms with E-state index in [1.807, 2.05) is 0 Å². The molecule has 22 heavy (non-hydrogen) atoms. The Morgan fingerprint density at radius 2 is 1.86 bits per heavy atom. The van der Waals surface area contributed by atoms with Crippen molar-refractivity contribution in [1.29, 1.82) is 0 Å². The van der Waals surface area contributed by atoms with Crippen LogP contribution in [-0.2, 0) is 16.0 Å². The number of amides is 1. The lowest BCUT2D eigenvalue weighted by Crippen LogP contribution is -2.49. The predicted octanol–water partition coefficient (Wildman–Crippen LogP) is 2.36. The maximum Gasteiger partial charge on any atom is 0.308 e. The molecule has 0 aliphatic carbocycles. The summed E-state index contributed by atoms with van der Waals surface area (Å²) in [5.74, 6) is -5.68. The van der Waals surface area contributed by atoms with Gasteiger partial charge in [-0.1, -0.05) is 0 Å². The number of aliphatic carboxylic acids is 1. The molecule has 0 spiro atoms. The minimum Gasteiger partial charge on any atom is -0.481 e. The molecular weight excluding hydrogens is 299 g/mol. The Morgan fingerprint density at radius 3 is 2.50 bits per heavy atom. The van der Waals surface area contributed by atoms with Crippen molar-refractivity contribution in [2.24, 2.45) is 5.92 Å². The third kappa shape index (κ3) is 3.23. The van der Waals surface area contributed by atoms with Crippen molar-refractivity contribution >= 4 is 11.9 Å². The average Bonchev–Trinajstić information content (AvgIpc) is 2.44. The topological polar surface area (TPSA) is 57.6 Å². The van der Waals surface area contributed by atoms with Gasteiger partial charge in [-0.25, -0.2) is 13.2 Å². The van der Waals surface area contributed by atoms with Gasteiger partial charge in [0.25, 0.3) is 0 Å². The van der Waals surface area contributed by atoms with Gasteiger partial charge in [-0.2, -0.15) is 0 Å². The molecule has 7 heteroatoms. The van der Waals surface area contributed by atoms with Crippen LogP contribution in [0.3, 0.4) is 0 Å². The molecule has 1 aromatic carbocycles. The van der Waals surface area contributed by atoms with Crippen molar-refractivity contribution in [1.82, 2.24) is 4.90 Å². The Balaban J connectivity index is 2.15. The van der Waals surface area contributed by atoms with Crippen LogP contribution in [0.1, 0.15) is 25.3 Å². The van der Waals surface area contributed by atoms with Gasteiger partial charge in [0.05, 0.1) is 12.3 Å². The lowest BCUT2D eigenvalue weighted by Gasteiger charge is -2.37. The first-order valence-electron chi connectivity index (χ1n) is 6.97. The fourth-order valence-electron chi connectivity index (χ4n) is 2.79. The van der Waals surface area contributed by atoms with E-state index in [4.69, 9.17) is 5.11 Å². The van der Waals surface area contributed by atoms with Gasteiger partial charge in [0.2, 0.25) is 5.91 Å². The van der Waals surface area contributed by atoms with Crippen LogP contribution in [0.2, 0.25) is 0 Å². The summed E-state index contributed by atoms with van der Waals surface area (Å²) in [7, 11) is 0. The van der Waals surface area contributed by atoms with Gasteiger partial charge >= 0.3 is 5.97 Å². The standard InChI is InChI=1S/C15H16F3NO3/c1-8-10(15(21)22)3-2-4-19(8)14(20)6-9-5-12(17)13(18)7-11(9)16/h5,7-8,10H,2-4,6H2,1H3,(H,21,22)/t8-,10-/m1/s1. The number of carbonyl (C=O) groups excluding carboxylic acids is 1. The largest absolute Gasteiger partial charge is 0.481 e. The second-order valence-electron chi connectivity index (χ2n) is 5.45. The van der Waals surface area contributed by atoms with Crippen molar-refractivity contribution in [2.45, 2.75) is 32.2 Å². The summed E-state index contributed by atoms with van der Waals surface area (Å²) in [6.07, 6.45) is 0.576. The number of halogens is 3. The van der Waals surface area contributed by atoms with E-state index in [0.717, 1.165) is 0 Å². The number of piperidine rings is 1. The van der Waals surface area contributed by atoms with Gasteiger partial charge in [0, 0.05) is 24.2 Å². The number of carbonyl (C=O) groups is 2. The van der Waals surface area contributed by atoms with Crippen molar-refractivity contribution in [2.75, 3.05) is 6.54 Å². The third-order valence-electron chi connectivity index (χ3n) is 4.06. The summed E-state index contributed by atoms with van der Waals surface area (Å²) >= 11 is 0. The van der Waals surface area contributed by atoms with Crippen LogP contribution < -0.4 is 0 Å². The number of hydrogen-bond donors (Lipinski definition) is 1. The molecule has 1 aliphatic heterocycles. The quantitative estimate of drug-likeness (QED) is 0.871. The molecule has 0 unspecified atom stereocenters. The highest BCUT2D eigenvalue weighted by Gasteiger charge is 2.35. The van der Waals surface area contributed by atoms with Gasteiger partial charge in [-0.15, -0.1) is 0 Å². The van der Waals surface area contributed by atoms with Gasteiger partial charge in [-0.3, -0.25) is 9.59 Å². The van der Waals surface area contributed by atoms with E-state index in [1.54, 1.807) is 6.92 Å². The molecule has 0 bridgehead atoms. The summed E-state index contributed by atoms with van der Waals surface area (Å²) < 4.78 is 39.6. The van der Waals surface area contributed by atoms with Crippen LogP contribution in [0.4, 0.5) is 13.2 Å². The van der Waals surface area contributed by atoms with E-state index in [-0.39, 0.29) is 5.56 Å². The molecule has 2 rings (SSSR count). The molecule has 120 valence electrons. The molecule has 1 aromatic rings. The minimum absolute atomic E-state index is 0.242. The number of nitrogens with zero attached hydrogens (tertiary/aromatic N) is 1. The van der Waals surface area contributed by atoms with Crippen LogP contribution in [0.25, 0.3) is 0 Å². The molecule has 1 saturated heterocycles. The normalized spacial score (nSPS) is 21.7. The van der Waals surface area contributed by atoms with E-state index < -0.39 is 47.7 Å². The van der Waals surface area contributed by atoms with E-state index in [1.165, 1.54) is 4.90 Å². The van der Waals surface area contributed by atoms with Gasteiger partial charge in [0.1, 0.15) is 5.82 Å². The van der Waals surface area contributed by atoms with Crippen molar-refractivity contribution < 1.29 is 27.9 Å². The van der Waals surface area contributed by atoms with E-state index >= 15 is 0 Å². The highest BCUT2D eigenvalue weighted by atomic mass is 19.2. The Hall–Kier alpha value is -2.05. The van der Waals surface area contributed by atoms with Crippen molar-refractivity contribution in [3.05, 3.63) is 35.1 Å². The molecule has 0 radical (unpaired) electrons. The molecule has 1 N–H and O–H groups in total. The summed E-state index contributed by atoms with van der Waals surface area (Å²) in [6.45, 7) is 1.99. The zero-order valence-corrected chi connectivity index (χ0v) is 12.0. The van der Waals surface area contributed by atoms with Crippen LogP contribution >= 0.6 is 0 Å². The smallest absolute Gasteiger partial charge is 0.308 e. The molecule has 1 amide bonds. The summed E-state index contributed by atoms with van der Waals surface area (Å²) in [4.78, 5) is 24.7. The molecular formula is C15H16F3NO3. The second-order valence-corrected chi connectivity index (χ2v) is 5.45. The lowest BCUT2D eigenvalue weighted by atomic mass is 9.90.